The number of benzene rings is 2. The Hall–Kier alpha value is -2.48. The van der Waals surface area contributed by atoms with Crippen LogP contribution in [0.15, 0.2) is 48.5 Å². The highest BCUT2D eigenvalue weighted by molar-refractivity contribution is 7.18. The van der Waals surface area contributed by atoms with Crippen LogP contribution in [0.3, 0.4) is 0 Å². The summed E-state index contributed by atoms with van der Waals surface area (Å²) >= 11 is 7.70. The van der Waals surface area contributed by atoms with Crippen LogP contribution in [-0.2, 0) is 4.79 Å². The van der Waals surface area contributed by atoms with Crippen molar-refractivity contribution < 1.29 is 14.7 Å². The van der Waals surface area contributed by atoms with Crippen LogP contribution in [-0.4, -0.2) is 27.9 Å². The Balaban J connectivity index is 1.56. The van der Waals surface area contributed by atoms with Crippen molar-refractivity contribution in [3.05, 3.63) is 53.6 Å². The largest absolute Gasteiger partial charge is 0.494 e. The molecule has 0 spiro atoms. The lowest BCUT2D eigenvalue weighted by Crippen LogP contribution is -2.18. The molecule has 2 aromatic carbocycles. The van der Waals surface area contributed by atoms with Gasteiger partial charge < -0.3 is 4.74 Å². The van der Waals surface area contributed by atoms with Gasteiger partial charge in [0.05, 0.1) is 11.6 Å². The van der Waals surface area contributed by atoms with Gasteiger partial charge in [-0.2, -0.15) is 0 Å². The summed E-state index contributed by atoms with van der Waals surface area (Å²) in [6.45, 7) is 0.507. The Morgan fingerprint density at radius 1 is 1.07 bits per heavy atom. The zero-order valence-corrected chi connectivity index (χ0v) is 16.0. The standard InChI is InChI=1S/C19H18ClN3O3S/c20-16-6-2-1-5-15(16)19-22-21-18(27-19)13-8-10-14(11-9-13)26-12-4-3-7-17(24)23-25/h1-2,5-6,8-11,25H,3-4,7,12H2,(H,23,24). The van der Waals surface area contributed by atoms with Crippen LogP contribution in [0.2, 0.25) is 5.02 Å². The van der Waals surface area contributed by atoms with E-state index in [4.69, 9.17) is 21.5 Å². The Morgan fingerprint density at radius 2 is 1.81 bits per heavy atom. The first kappa shape index (κ1) is 19.3. The summed E-state index contributed by atoms with van der Waals surface area (Å²) in [5, 5.41) is 19.2. The lowest BCUT2D eigenvalue weighted by molar-refractivity contribution is -0.129. The first-order chi connectivity index (χ1) is 13.2. The number of hydrogen-bond donors (Lipinski definition) is 2. The maximum Gasteiger partial charge on any atom is 0.243 e. The van der Waals surface area contributed by atoms with Crippen molar-refractivity contribution in [2.24, 2.45) is 0 Å². The highest BCUT2D eigenvalue weighted by Crippen LogP contribution is 2.34. The van der Waals surface area contributed by atoms with E-state index in [9.17, 15) is 4.79 Å². The van der Waals surface area contributed by atoms with E-state index in [1.54, 1.807) is 5.48 Å². The van der Waals surface area contributed by atoms with Gasteiger partial charge in [-0.15, -0.1) is 10.2 Å². The van der Waals surface area contributed by atoms with Crippen LogP contribution in [0.1, 0.15) is 19.3 Å². The van der Waals surface area contributed by atoms with Gasteiger partial charge in [0.25, 0.3) is 0 Å². The number of halogens is 1. The van der Waals surface area contributed by atoms with Gasteiger partial charge in [-0.1, -0.05) is 41.1 Å². The summed E-state index contributed by atoms with van der Waals surface area (Å²) in [5.74, 6) is 0.369. The van der Waals surface area contributed by atoms with Gasteiger partial charge in [-0.05, 0) is 43.2 Å². The summed E-state index contributed by atoms with van der Waals surface area (Å²) < 4.78 is 5.66. The number of unbranched alkanes of at least 4 members (excludes halogenated alkanes) is 1. The zero-order valence-electron chi connectivity index (χ0n) is 14.4. The van der Waals surface area contributed by atoms with Crippen molar-refractivity contribution in [3.63, 3.8) is 0 Å². The fraction of sp³-hybridized carbons (Fsp3) is 0.211. The Morgan fingerprint density at radius 3 is 2.56 bits per heavy atom. The molecule has 0 unspecified atom stereocenters. The number of amides is 1. The van der Waals surface area contributed by atoms with Crippen molar-refractivity contribution in [1.82, 2.24) is 15.7 Å². The summed E-state index contributed by atoms with van der Waals surface area (Å²) in [7, 11) is 0. The Labute approximate surface area is 165 Å². The van der Waals surface area contributed by atoms with E-state index in [2.05, 4.69) is 10.2 Å². The molecule has 3 rings (SSSR count). The van der Waals surface area contributed by atoms with E-state index in [-0.39, 0.29) is 12.3 Å². The van der Waals surface area contributed by atoms with Gasteiger partial charge in [0.2, 0.25) is 5.91 Å². The molecule has 0 fully saturated rings. The van der Waals surface area contributed by atoms with Crippen molar-refractivity contribution in [2.75, 3.05) is 6.61 Å². The second-order valence-electron chi connectivity index (χ2n) is 5.76. The minimum Gasteiger partial charge on any atom is -0.494 e. The molecule has 1 amide bonds. The third kappa shape index (κ3) is 5.26. The second-order valence-corrected chi connectivity index (χ2v) is 7.14. The zero-order chi connectivity index (χ0) is 19.1. The van der Waals surface area contributed by atoms with Gasteiger partial charge in [-0.3, -0.25) is 10.0 Å². The topological polar surface area (TPSA) is 84.3 Å². The average Bonchev–Trinajstić information content (AvgIpc) is 3.18. The third-order valence-electron chi connectivity index (χ3n) is 3.82. The minimum atomic E-state index is -0.382. The van der Waals surface area contributed by atoms with E-state index < -0.39 is 0 Å². The molecular weight excluding hydrogens is 386 g/mol. The lowest BCUT2D eigenvalue weighted by atomic mass is 10.2. The predicted molar refractivity (Wildman–Crippen MR) is 105 cm³/mol. The number of hydrogen-bond acceptors (Lipinski definition) is 6. The van der Waals surface area contributed by atoms with Gasteiger partial charge >= 0.3 is 0 Å². The molecule has 0 saturated carbocycles. The van der Waals surface area contributed by atoms with E-state index in [1.165, 1.54) is 11.3 Å². The summed E-state index contributed by atoms with van der Waals surface area (Å²) in [5.41, 5.74) is 3.44. The van der Waals surface area contributed by atoms with Crippen molar-refractivity contribution in [1.29, 1.82) is 0 Å². The number of carbonyl (C=O) groups excluding carboxylic acids is 1. The molecule has 0 radical (unpaired) electrons. The second kappa shape index (κ2) is 9.45. The summed E-state index contributed by atoms with van der Waals surface area (Å²) in [6, 6.07) is 15.2. The fourth-order valence-electron chi connectivity index (χ4n) is 2.41. The first-order valence-electron chi connectivity index (χ1n) is 8.42. The van der Waals surface area contributed by atoms with Crippen molar-refractivity contribution in [3.8, 4) is 26.9 Å². The maximum absolute atomic E-state index is 10.9. The monoisotopic (exact) mass is 403 g/mol. The summed E-state index contributed by atoms with van der Waals surface area (Å²) in [6.07, 6.45) is 1.66. The van der Waals surface area contributed by atoms with E-state index >= 15 is 0 Å². The van der Waals surface area contributed by atoms with E-state index in [1.807, 2.05) is 48.5 Å². The van der Waals surface area contributed by atoms with Gasteiger partial charge in [0.1, 0.15) is 15.8 Å². The number of aromatic nitrogens is 2. The van der Waals surface area contributed by atoms with Crippen LogP contribution < -0.4 is 10.2 Å². The molecule has 0 atom stereocenters. The SMILES string of the molecule is O=C(CCCCOc1ccc(-c2nnc(-c3ccccc3Cl)s2)cc1)NO. The molecule has 3 aromatic rings. The fourth-order valence-corrected chi connectivity index (χ4v) is 3.58. The van der Waals surface area contributed by atoms with Crippen LogP contribution >= 0.6 is 22.9 Å². The quantitative estimate of drug-likeness (QED) is 0.326. The lowest BCUT2D eigenvalue weighted by Gasteiger charge is -2.06. The molecule has 0 bridgehead atoms. The number of carbonyl (C=O) groups is 1. The predicted octanol–water partition coefficient (Wildman–Crippen LogP) is 4.58. The molecule has 6 nitrogen and oxygen atoms in total. The minimum absolute atomic E-state index is 0.281. The normalized spacial score (nSPS) is 10.6. The maximum atomic E-state index is 10.9. The van der Waals surface area contributed by atoms with Gasteiger partial charge in [-0.25, -0.2) is 5.48 Å². The van der Waals surface area contributed by atoms with Crippen molar-refractivity contribution in [2.45, 2.75) is 19.3 Å². The van der Waals surface area contributed by atoms with Crippen LogP contribution in [0.4, 0.5) is 0 Å². The van der Waals surface area contributed by atoms with Crippen LogP contribution in [0.5, 0.6) is 5.75 Å². The molecule has 8 heteroatoms. The molecule has 27 heavy (non-hydrogen) atoms. The van der Waals surface area contributed by atoms with Crippen molar-refractivity contribution >= 4 is 28.8 Å². The molecule has 1 aromatic heterocycles. The molecule has 0 aliphatic heterocycles. The molecule has 1 heterocycles. The van der Waals surface area contributed by atoms with Gasteiger partial charge in [0.15, 0.2) is 0 Å². The molecule has 0 aliphatic carbocycles. The molecule has 0 aliphatic rings. The van der Waals surface area contributed by atoms with Crippen LogP contribution in [0.25, 0.3) is 21.1 Å². The van der Waals surface area contributed by atoms with E-state index in [0.29, 0.717) is 18.1 Å². The molecular formula is C19H18ClN3O3S. The summed E-state index contributed by atoms with van der Waals surface area (Å²) in [4.78, 5) is 10.9. The highest BCUT2D eigenvalue weighted by Gasteiger charge is 2.11. The molecule has 0 saturated heterocycles. The molecule has 2 N–H and O–H groups in total. The Bertz CT molecular complexity index is 899. The highest BCUT2D eigenvalue weighted by atomic mass is 35.5. The number of hydroxylamine groups is 1. The number of nitrogens with zero attached hydrogens (tertiary/aromatic N) is 2. The number of rotatable bonds is 8. The number of nitrogens with one attached hydrogen (secondary N) is 1. The smallest absolute Gasteiger partial charge is 0.243 e. The third-order valence-corrected chi connectivity index (χ3v) is 5.16. The number of ether oxygens (including phenoxy) is 1. The molecule has 140 valence electrons. The van der Waals surface area contributed by atoms with Gasteiger partial charge in [0, 0.05) is 17.5 Å². The Kier molecular flexibility index (Phi) is 6.75. The first-order valence-corrected chi connectivity index (χ1v) is 9.61. The average molecular weight is 404 g/mol. The van der Waals surface area contributed by atoms with Crippen LogP contribution in [0, 0.1) is 0 Å². The van der Waals surface area contributed by atoms with E-state index in [0.717, 1.165) is 33.3 Å².